The Kier molecular flexibility index (Phi) is 4.37. The summed E-state index contributed by atoms with van der Waals surface area (Å²) in [5.74, 6) is 0. The van der Waals surface area contributed by atoms with Crippen LogP contribution in [0.5, 0.6) is 0 Å². The summed E-state index contributed by atoms with van der Waals surface area (Å²) in [5, 5.41) is 0. The molecule has 0 aliphatic heterocycles. The second kappa shape index (κ2) is 4.78. The lowest BCUT2D eigenvalue weighted by atomic mass is 10.1. The molecule has 0 rings (SSSR count). The topological polar surface area (TPSA) is 52.0 Å². The fourth-order valence-corrected chi connectivity index (χ4v) is 0.574. The molecule has 0 heterocycles. The Balaban J connectivity index is 4.17. The van der Waals surface area contributed by atoms with E-state index in [0.29, 0.717) is 5.70 Å². The first kappa shape index (κ1) is 11.0. The average Bonchev–Trinajstić information content (AvgIpc) is 1.95. The summed E-state index contributed by atoms with van der Waals surface area (Å²) in [6, 6.07) is 0. The van der Waals surface area contributed by atoms with Crippen LogP contribution in [0.25, 0.3) is 0 Å². The van der Waals surface area contributed by atoms with Gasteiger partial charge in [-0.3, -0.25) is 0 Å². The second-order valence-electron chi connectivity index (χ2n) is 3.35. The quantitative estimate of drug-likeness (QED) is 0.627. The van der Waals surface area contributed by atoms with Crippen LogP contribution in [0.15, 0.2) is 36.1 Å². The van der Waals surface area contributed by atoms with Crippen LogP contribution in [-0.4, -0.2) is 5.54 Å². The molecule has 0 bridgehead atoms. The lowest BCUT2D eigenvalue weighted by Gasteiger charge is -2.11. The third-order valence-corrected chi connectivity index (χ3v) is 1.19. The van der Waals surface area contributed by atoms with Gasteiger partial charge in [0.2, 0.25) is 0 Å². The predicted molar refractivity (Wildman–Crippen MR) is 54.5 cm³/mol. The van der Waals surface area contributed by atoms with Crippen molar-refractivity contribution in [3.8, 4) is 0 Å². The number of hydrogen-bond donors (Lipinski definition) is 2. The van der Waals surface area contributed by atoms with Crippen LogP contribution >= 0.6 is 0 Å². The van der Waals surface area contributed by atoms with Gasteiger partial charge in [-0.2, -0.15) is 0 Å². The highest BCUT2D eigenvalue weighted by Gasteiger charge is 2.02. The van der Waals surface area contributed by atoms with E-state index in [4.69, 9.17) is 11.5 Å². The molecule has 0 amide bonds. The molecule has 0 saturated heterocycles. The predicted octanol–water partition coefficient (Wildman–Crippen LogP) is 1.70. The van der Waals surface area contributed by atoms with Crippen molar-refractivity contribution in [1.29, 1.82) is 0 Å². The maximum Gasteiger partial charge on any atom is 0.0311 e. The van der Waals surface area contributed by atoms with Crippen LogP contribution < -0.4 is 11.5 Å². The smallest absolute Gasteiger partial charge is 0.0311 e. The van der Waals surface area contributed by atoms with Crippen molar-refractivity contribution in [3.63, 3.8) is 0 Å². The number of allylic oxidation sites excluding steroid dienone is 4. The fourth-order valence-electron chi connectivity index (χ4n) is 0.574. The van der Waals surface area contributed by atoms with Gasteiger partial charge in [-0.25, -0.2) is 0 Å². The lowest BCUT2D eigenvalue weighted by Crippen LogP contribution is -2.28. The first-order valence-electron chi connectivity index (χ1n) is 4.02. The van der Waals surface area contributed by atoms with Crippen molar-refractivity contribution in [2.24, 2.45) is 11.5 Å². The molecule has 0 saturated carbocycles. The van der Waals surface area contributed by atoms with Crippen molar-refractivity contribution in [2.45, 2.75) is 26.3 Å². The van der Waals surface area contributed by atoms with Crippen LogP contribution in [0.3, 0.4) is 0 Å². The van der Waals surface area contributed by atoms with Gasteiger partial charge in [-0.15, -0.1) is 0 Å². The Labute approximate surface area is 74.6 Å². The Morgan fingerprint density at radius 2 is 1.92 bits per heavy atom. The zero-order chi connectivity index (χ0) is 9.61. The Hall–Kier alpha value is -1.02. The summed E-state index contributed by atoms with van der Waals surface area (Å²) in [7, 11) is 0. The first-order valence-corrected chi connectivity index (χ1v) is 4.02. The third-order valence-electron chi connectivity index (χ3n) is 1.19. The molecule has 0 fully saturated rings. The van der Waals surface area contributed by atoms with E-state index in [1.165, 1.54) is 0 Å². The van der Waals surface area contributed by atoms with Gasteiger partial charge < -0.3 is 11.5 Å². The maximum absolute atomic E-state index is 5.72. The average molecular weight is 166 g/mol. The van der Waals surface area contributed by atoms with Gasteiger partial charge in [0.25, 0.3) is 0 Å². The number of hydrogen-bond acceptors (Lipinski definition) is 2. The van der Waals surface area contributed by atoms with Crippen molar-refractivity contribution in [2.75, 3.05) is 0 Å². The molecule has 2 nitrogen and oxygen atoms in total. The summed E-state index contributed by atoms with van der Waals surface area (Å²) < 4.78 is 0. The van der Waals surface area contributed by atoms with Gasteiger partial charge in [-0.05, 0) is 32.9 Å². The van der Waals surface area contributed by atoms with Crippen molar-refractivity contribution in [3.05, 3.63) is 36.1 Å². The van der Waals surface area contributed by atoms with E-state index in [9.17, 15) is 0 Å². The molecule has 0 spiro atoms. The molecule has 0 unspecified atom stereocenters. The lowest BCUT2D eigenvalue weighted by molar-refractivity contribution is 0.653. The Bertz CT molecular complexity index is 204. The molecule has 12 heavy (non-hydrogen) atoms. The Morgan fingerprint density at radius 3 is 2.33 bits per heavy atom. The van der Waals surface area contributed by atoms with Crippen LogP contribution in [0.1, 0.15) is 20.8 Å². The van der Waals surface area contributed by atoms with E-state index in [0.717, 1.165) is 0 Å². The normalized spacial score (nSPS) is 14.8. The zero-order valence-corrected chi connectivity index (χ0v) is 8.04. The van der Waals surface area contributed by atoms with E-state index in [1.807, 2.05) is 51.2 Å². The van der Waals surface area contributed by atoms with Gasteiger partial charge in [0.05, 0.1) is 0 Å². The van der Waals surface area contributed by atoms with E-state index in [2.05, 4.69) is 0 Å². The third kappa shape index (κ3) is 7.09. The highest BCUT2D eigenvalue weighted by Crippen LogP contribution is 2.00. The molecule has 68 valence electrons. The molecule has 0 aromatic carbocycles. The Morgan fingerprint density at radius 1 is 1.33 bits per heavy atom. The molecule has 0 aromatic rings. The summed E-state index contributed by atoms with van der Waals surface area (Å²) in [4.78, 5) is 0. The molecule has 0 aromatic heterocycles. The van der Waals surface area contributed by atoms with Crippen LogP contribution in [0, 0.1) is 0 Å². The summed E-state index contributed by atoms with van der Waals surface area (Å²) >= 11 is 0. The minimum absolute atomic E-state index is 0.297. The second-order valence-corrected chi connectivity index (χ2v) is 3.35. The van der Waals surface area contributed by atoms with Gasteiger partial charge in [0, 0.05) is 11.2 Å². The molecule has 4 N–H and O–H groups in total. The van der Waals surface area contributed by atoms with Crippen molar-refractivity contribution < 1.29 is 0 Å². The van der Waals surface area contributed by atoms with Crippen LogP contribution in [-0.2, 0) is 0 Å². The monoisotopic (exact) mass is 166 g/mol. The minimum atomic E-state index is -0.297. The summed E-state index contributed by atoms with van der Waals surface area (Å²) in [6.45, 7) is 5.79. The highest BCUT2D eigenvalue weighted by molar-refractivity contribution is 5.22. The first-order chi connectivity index (χ1) is 5.45. The fraction of sp³-hybridized carbons (Fsp3) is 0.400. The molecule has 0 radical (unpaired) electrons. The maximum atomic E-state index is 5.72. The summed E-state index contributed by atoms with van der Waals surface area (Å²) in [5.41, 5.74) is 11.8. The molecule has 0 atom stereocenters. The number of nitrogens with two attached hydrogens (primary N) is 2. The molecule has 2 heteroatoms. The van der Waals surface area contributed by atoms with Gasteiger partial charge >= 0.3 is 0 Å². The standard InChI is InChI=1S/C10H18N2/c1-4-5-6-9(11)7-8-10(2,3)12/h4-8H,11-12H2,1-3H3/b5-4+,8-7-,9-6+. The molecule has 0 aliphatic carbocycles. The highest BCUT2D eigenvalue weighted by atomic mass is 14.7. The molecular weight excluding hydrogens is 148 g/mol. The minimum Gasteiger partial charge on any atom is -0.399 e. The zero-order valence-electron chi connectivity index (χ0n) is 8.04. The van der Waals surface area contributed by atoms with E-state index >= 15 is 0 Å². The SMILES string of the molecule is C/C=C/C=C(N)\C=C/C(C)(C)N. The van der Waals surface area contributed by atoms with Crippen LogP contribution in [0.2, 0.25) is 0 Å². The molecular formula is C10H18N2. The largest absolute Gasteiger partial charge is 0.399 e. The van der Waals surface area contributed by atoms with Crippen molar-refractivity contribution in [1.82, 2.24) is 0 Å². The van der Waals surface area contributed by atoms with E-state index in [1.54, 1.807) is 0 Å². The number of rotatable bonds is 3. The van der Waals surface area contributed by atoms with E-state index < -0.39 is 0 Å². The van der Waals surface area contributed by atoms with Crippen LogP contribution in [0.4, 0.5) is 0 Å². The van der Waals surface area contributed by atoms with Gasteiger partial charge in [0.1, 0.15) is 0 Å². The van der Waals surface area contributed by atoms with E-state index in [-0.39, 0.29) is 5.54 Å². The van der Waals surface area contributed by atoms with Gasteiger partial charge in [-0.1, -0.05) is 18.2 Å². The van der Waals surface area contributed by atoms with Gasteiger partial charge in [0.15, 0.2) is 0 Å². The van der Waals surface area contributed by atoms with Crippen molar-refractivity contribution >= 4 is 0 Å². The summed E-state index contributed by atoms with van der Waals surface area (Å²) in [6.07, 6.45) is 9.35. The molecule has 0 aliphatic rings.